The molecule has 2 aliphatic heterocycles. The van der Waals surface area contributed by atoms with Crippen LogP contribution < -0.4 is 14.2 Å². The molecule has 0 bridgehead atoms. The molecule has 0 aromatic heterocycles. The molecule has 178 valence electrons. The Morgan fingerprint density at radius 3 is 1.78 bits per heavy atom. The molecule has 10 heteroatoms. The normalized spacial score (nSPS) is 16.7. The van der Waals surface area contributed by atoms with Gasteiger partial charge in [0.2, 0.25) is 11.7 Å². The first-order valence-electron chi connectivity index (χ1n) is 10.6. The maximum atomic E-state index is 12.6. The Kier molecular flexibility index (Phi) is 9.58. The Bertz CT molecular complexity index is 762. The van der Waals surface area contributed by atoms with Gasteiger partial charge in [-0.2, -0.15) is 0 Å². The average molecular weight is 453 g/mol. The lowest BCUT2D eigenvalue weighted by molar-refractivity contribution is -0.159. The number of carboxylic acid groups (broad SMARTS) is 2. The van der Waals surface area contributed by atoms with Crippen molar-refractivity contribution < 1.29 is 38.8 Å². The van der Waals surface area contributed by atoms with Crippen molar-refractivity contribution >= 4 is 17.8 Å². The fourth-order valence-electron chi connectivity index (χ4n) is 4.02. The number of methoxy groups -OCH3 is 3. The summed E-state index contributed by atoms with van der Waals surface area (Å²) in [4.78, 5) is 35.2. The second-order valence-corrected chi connectivity index (χ2v) is 7.73. The molecular formula is C22H32N2O8. The third kappa shape index (κ3) is 6.74. The zero-order chi connectivity index (χ0) is 23.7. The Morgan fingerprint density at radius 2 is 1.38 bits per heavy atom. The summed E-state index contributed by atoms with van der Waals surface area (Å²) >= 11 is 0. The van der Waals surface area contributed by atoms with Crippen LogP contribution in [0.2, 0.25) is 0 Å². The van der Waals surface area contributed by atoms with Crippen LogP contribution in [0.15, 0.2) is 12.1 Å². The van der Waals surface area contributed by atoms with E-state index in [1.54, 1.807) is 21.3 Å². The van der Waals surface area contributed by atoms with Crippen molar-refractivity contribution in [2.75, 3.05) is 47.5 Å². The SMILES string of the molecule is COc1cc(CN2CCC(C(=O)N3CCCC3)CC2)cc(OC)c1OC.O=C(O)C(=O)O. The molecule has 2 N–H and O–H groups in total. The lowest BCUT2D eigenvalue weighted by atomic mass is 9.95. The minimum Gasteiger partial charge on any atom is -0.493 e. The van der Waals surface area contributed by atoms with Gasteiger partial charge in [-0.3, -0.25) is 9.69 Å². The second-order valence-electron chi connectivity index (χ2n) is 7.73. The predicted molar refractivity (Wildman–Crippen MR) is 115 cm³/mol. The summed E-state index contributed by atoms with van der Waals surface area (Å²) in [7, 11) is 4.88. The molecule has 2 fully saturated rings. The average Bonchev–Trinajstić information content (AvgIpc) is 3.33. The van der Waals surface area contributed by atoms with E-state index in [9.17, 15) is 4.79 Å². The van der Waals surface area contributed by atoms with Crippen LogP contribution in [0.1, 0.15) is 31.2 Å². The molecule has 0 saturated carbocycles. The Labute approximate surface area is 187 Å². The van der Waals surface area contributed by atoms with Crippen molar-refractivity contribution in [2.24, 2.45) is 5.92 Å². The van der Waals surface area contributed by atoms with Gasteiger partial charge in [-0.05, 0) is 56.5 Å². The Hall–Kier alpha value is -3.01. The number of nitrogens with zero attached hydrogens (tertiary/aromatic N) is 2. The molecule has 1 aromatic carbocycles. The number of carbonyl (C=O) groups excluding carboxylic acids is 1. The standard InChI is InChI=1S/C20H30N2O4.C2H2O4/c1-24-17-12-15(13-18(25-2)19(17)26-3)14-21-10-6-16(7-11-21)20(23)22-8-4-5-9-22;3-1(4)2(5)6/h12-13,16H,4-11,14H2,1-3H3;(H,3,4)(H,5,6). The number of likely N-dealkylation sites (tertiary alicyclic amines) is 2. The molecule has 10 nitrogen and oxygen atoms in total. The predicted octanol–water partition coefficient (Wildman–Crippen LogP) is 1.70. The third-order valence-corrected chi connectivity index (χ3v) is 5.67. The number of carbonyl (C=O) groups is 3. The van der Waals surface area contributed by atoms with Crippen LogP contribution in [-0.2, 0) is 20.9 Å². The fourth-order valence-corrected chi connectivity index (χ4v) is 4.02. The topological polar surface area (TPSA) is 126 Å². The maximum absolute atomic E-state index is 12.6. The monoisotopic (exact) mass is 452 g/mol. The zero-order valence-corrected chi connectivity index (χ0v) is 18.8. The highest BCUT2D eigenvalue weighted by Gasteiger charge is 2.30. The van der Waals surface area contributed by atoms with Gasteiger partial charge in [0.1, 0.15) is 0 Å². The van der Waals surface area contributed by atoms with Gasteiger partial charge in [-0.15, -0.1) is 0 Å². The van der Waals surface area contributed by atoms with Crippen LogP contribution in [0.25, 0.3) is 0 Å². The molecule has 2 heterocycles. The number of carboxylic acids is 2. The summed E-state index contributed by atoms with van der Waals surface area (Å²) < 4.78 is 16.3. The number of benzene rings is 1. The van der Waals surface area contributed by atoms with Gasteiger partial charge in [-0.25, -0.2) is 9.59 Å². The molecule has 0 unspecified atom stereocenters. The van der Waals surface area contributed by atoms with Crippen LogP contribution in [0.4, 0.5) is 0 Å². The number of amides is 1. The first-order chi connectivity index (χ1) is 15.3. The number of rotatable bonds is 6. The van der Waals surface area contributed by atoms with Crippen LogP contribution in [0.3, 0.4) is 0 Å². The summed E-state index contributed by atoms with van der Waals surface area (Å²) in [5.41, 5.74) is 1.13. The molecule has 0 spiro atoms. The first kappa shape index (κ1) is 25.3. The summed E-state index contributed by atoms with van der Waals surface area (Å²) in [6.07, 6.45) is 4.21. The quantitative estimate of drug-likeness (QED) is 0.620. The molecule has 1 aromatic rings. The molecule has 2 saturated heterocycles. The van der Waals surface area contributed by atoms with Crippen molar-refractivity contribution in [3.8, 4) is 17.2 Å². The number of hydrogen-bond acceptors (Lipinski definition) is 7. The number of ether oxygens (including phenoxy) is 3. The smallest absolute Gasteiger partial charge is 0.414 e. The highest BCUT2D eigenvalue weighted by atomic mass is 16.5. The molecule has 0 atom stereocenters. The van der Waals surface area contributed by atoms with E-state index in [0.717, 1.165) is 64.0 Å². The van der Waals surface area contributed by atoms with Crippen LogP contribution in [0, 0.1) is 5.92 Å². The van der Waals surface area contributed by atoms with E-state index >= 15 is 0 Å². The van der Waals surface area contributed by atoms with Gasteiger partial charge in [-0.1, -0.05) is 0 Å². The van der Waals surface area contributed by atoms with E-state index in [0.29, 0.717) is 23.2 Å². The van der Waals surface area contributed by atoms with E-state index in [2.05, 4.69) is 9.80 Å². The summed E-state index contributed by atoms with van der Waals surface area (Å²) in [5, 5.41) is 14.8. The van der Waals surface area contributed by atoms with Gasteiger partial charge < -0.3 is 29.3 Å². The van der Waals surface area contributed by atoms with Crippen LogP contribution >= 0.6 is 0 Å². The summed E-state index contributed by atoms with van der Waals surface area (Å²) in [6.45, 7) is 4.61. The third-order valence-electron chi connectivity index (χ3n) is 5.67. The number of hydrogen-bond donors (Lipinski definition) is 2. The van der Waals surface area contributed by atoms with E-state index in [4.69, 9.17) is 34.0 Å². The van der Waals surface area contributed by atoms with E-state index in [1.807, 2.05) is 12.1 Å². The zero-order valence-electron chi connectivity index (χ0n) is 18.8. The van der Waals surface area contributed by atoms with Gasteiger partial charge in [0, 0.05) is 25.6 Å². The van der Waals surface area contributed by atoms with E-state index in [-0.39, 0.29) is 5.92 Å². The molecule has 2 aliphatic rings. The van der Waals surface area contributed by atoms with Crippen molar-refractivity contribution in [1.29, 1.82) is 0 Å². The maximum Gasteiger partial charge on any atom is 0.414 e. The fraction of sp³-hybridized carbons (Fsp3) is 0.591. The van der Waals surface area contributed by atoms with E-state index in [1.165, 1.54) is 0 Å². The lowest BCUT2D eigenvalue weighted by Gasteiger charge is -2.33. The van der Waals surface area contributed by atoms with Gasteiger partial charge in [0.05, 0.1) is 21.3 Å². The van der Waals surface area contributed by atoms with Crippen LogP contribution in [-0.4, -0.2) is 85.4 Å². The molecule has 1 amide bonds. The second kappa shape index (κ2) is 12.1. The molecule has 32 heavy (non-hydrogen) atoms. The van der Waals surface area contributed by atoms with Crippen molar-refractivity contribution in [3.05, 3.63) is 17.7 Å². The van der Waals surface area contributed by atoms with Gasteiger partial charge >= 0.3 is 11.9 Å². The minimum atomic E-state index is -1.82. The molecule has 0 radical (unpaired) electrons. The summed E-state index contributed by atoms with van der Waals surface area (Å²) in [6, 6.07) is 4.01. The molecule has 0 aliphatic carbocycles. The number of piperidine rings is 1. The summed E-state index contributed by atoms with van der Waals surface area (Å²) in [5.74, 6) is -1.10. The Morgan fingerprint density at radius 1 is 0.875 bits per heavy atom. The van der Waals surface area contributed by atoms with Gasteiger partial charge in [0.15, 0.2) is 11.5 Å². The molecular weight excluding hydrogens is 420 g/mol. The molecule has 3 rings (SSSR count). The number of aliphatic carboxylic acids is 2. The highest BCUT2D eigenvalue weighted by molar-refractivity contribution is 6.27. The van der Waals surface area contributed by atoms with Crippen LogP contribution in [0.5, 0.6) is 17.2 Å². The van der Waals surface area contributed by atoms with Crippen molar-refractivity contribution in [3.63, 3.8) is 0 Å². The first-order valence-corrected chi connectivity index (χ1v) is 10.6. The van der Waals surface area contributed by atoms with Crippen molar-refractivity contribution in [1.82, 2.24) is 9.80 Å². The van der Waals surface area contributed by atoms with E-state index < -0.39 is 11.9 Å². The largest absolute Gasteiger partial charge is 0.493 e. The lowest BCUT2D eigenvalue weighted by Crippen LogP contribution is -2.41. The van der Waals surface area contributed by atoms with Gasteiger partial charge in [0.25, 0.3) is 0 Å². The van der Waals surface area contributed by atoms with Crippen molar-refractivity contribution in [2.45, 2.75) is 32.2 Å². The highest BCUT2D eigenvalue weighted by Crippen LogP contribution is 2.38. The minimum absolute atomic E-state index is 0.198. The Balaban J connectivity index is 0.000000534.